The van der Waals surface area contributed by atoms with Crippen molar-refractivity contribution in [1.82, 2.24) is 61.6 Å². The summed E-state index contributed by atoms with van der Waals surface area (Å²) in [6.45, 7) is -0.741. The smallest absolute Gasteiger partial charge is 0.481 e. The summed E-state index contributed by atoms with van der Waals surface area (Å²) in [6.07, 6.45) is -0.969. The van der Waals surface area contributed by atoms with Crippen molar-refractivity contribution in [3.63, 3.8) is 0 Å². The molecule has 2 aromatic heterocycles. The normalized spacial score (nSPS) is 23.1. The Balaban J connectivity index is 0.881. The lowest BCUT2D eigenvalue weighted by Crippen LogP contribution is -2.58. The summed E-state index contributed by atoms with van der Waals surface area (Å²) >= 11 is 1.78. The maximum absolute atomic E-state index is 14.6. The quantitative estimate of drug-likeness (QED) is 0.0118. The number of phosphoric ester groups is 1. The highest BCUT2D eigenvalue weighted by atomic mass is 33.1. The van der Waals surface area contributed by atoms with E-state index in [0.29, 0.717) is 25.0 Å². The lowest BCUT2D eigenvalue weighted by Gasteiger charge is -2.31. The van der Waals surface area contributed by atoms with Crippen LogP contribution in [0.5, 0.6) is 0 Å². The van der Waals surface area contributed by atoms with Crippen molar-refractivity contribution in [2.45, 2.75) is 169 Å². The number of carbonyl (C=O) groups excluding carboxylic acids is 8. The lowest BCUT2D eigenvalue weighted by molar-refractivity contribution is -0.148. The molecule has 0 saturated carbocycles. The van der Waals surface area contributed by atoms with E-state index in [1.165, 1.54) is 42.2 Å². The number of H-pyrrole nitrogens is 1. The van der Waals surface area contributed by atoms with Gasteiger partial charge in [0.05, 0.1) is 55.1 Å². The van der Waals surface area contributed by atoms with Gasteiger partial charge in [-0.05, 0) is 57.8 Å². The number of likely N-dealkylation sites (tertiary alicyclic amines) is 2. The van der Waals surface area contributed by atoms with Gasteiger partial charge in [0.2, 0.25) is 47.3 Å². The Labute approximate surface area is 580 Å². The molecule has 0 spiro atoms. The van der Waals surface area contributed by atoms with E-state index in [-0.39, 0.29) is 147 Å². The molecule has 554 valence electrons. The van der Waals surface area contributed by atoms with Gasteiger partial charge < -0.3 is 102 Å². The first kappa shape index (κ1) is 80.4. The third-order valence-electron chi connectivity index (χ3n) is 16.2. The minimum Gasteiger partial charge on any atom is -0.481 e. The first-order valence-corrected chi connectivity index (χ1v) is 39.4. The van der Waals surface area contributed by atoms with Crippen molar-refractivity contribution in [3.05, 3.63) is 22.1 Å². The van der Waals surface area contributed by atoms with Crippen molar-refractivity contribution < 1.29 is 124 Å². The Bertz CT molecular complexity index is 3670. The van der Waals surface area contributed by atoms with Crippen molar-refractivity contribution in [3.8, 4) is 11.8 Å². The number of amides is 9. The summed E-state index contributed by atoms with van der Waals surface area (Å²) < 4.78 is 54.0. The molecule has 5 fully saturated rings. The highest BCUT2D eigenvalue weighted by Crippen LogP contribution is 2.66. The minimum absolute atomic E-state index is 0.00685. The van der Waals surface area contributed by atoms with E-state index < -0.39 is 145 Å². The number of nitrogen functional groups attached to an aromatic ring is 1. The fourth-order valence-corrected chi connectivity index (χ4v) is 18.2. The number of rotatable bonds is 38. The molecule has 5 aliphatic heterocycles. The Morgan fingerprint density at radius 2 is 1.44 bits per heavy atom. The van der Waals surface area contributed by atoms with Crippen LogP contribution in [0.15, 0.2) is 11.0 Å². The third-order valence-corrected chi connectivity index (χ3v) is 23.9. The van der Waals surface area contributed by atoms with Crippen LogP contribution in [0.25, 0.3) is 11.0 Å². The number of fused-ring (bicyclic) bond motifs is 2. The molecular formula is C54H78N13O27P3S3. The van der Waals surface area contributed by atoms with Gasteiger partial charge in [0, 0.05) is 74.0 Å². The molecule has 46 heteroatoms. The summed E-state index contributed by atoms with van der Waals surface area (Å²) in [4.78, 5) is 201. The highest BCUT2D eigenvalue weighted by molar-refractivity contribution is 8.76. The Morgan fingerprint density at radius 3 is 2.12 bits per heavy atom. The molecular weight excluding hydrogens is 1450 g/mol. The zero-order chi connectivity index (χ0) is 73.2. The number of carboxylic acids is 3. The number of hydrogen-bond donors (Lipinski definition) is 17. The number of nitrogens with one attached hydrogen (secondary N) is 8. The van der Waals surface area contributed by atoms with Gasteiger partial charge in [-0.25, -0.2) is 23.3 Å². The van der Waals surface area contributed by atoms with Crippen LogP contribution >= 0.6 is 56.8 Å². The average Bonchev–Trinajstić information content (AvgIpc) is 1.61. The summed E-state index contributed by atoms with van der Waals surface area (Å²) in [5.41, 5.74) is 5.08. The number of thioether (sulfide) groups is 1. The third kappa shape index (κ3) is 24.1. The first-order valence-electron chi connectivity index (χ1n) is 31.3. The number of ether oxygens (including phenoxy) is 1. The van der Waals surface area contributed by atoms with Crippen LogP contribution in [0.1, 0.15) is 115 Å². The molecule has 9 amide bonds. The molecule has 2 aromatic rings. The van der Waals surface area contributed by atoms with E-state index in [0.717, 1.165) is 18.6 Å². The zero-order valence-electron chi connectivity index (χ0n) is 53.2. The zero-order valence-corrected chi connectivity index (χ0v) is 58.3. The molecule has 10 unspecified atom stereocenters. The van der Waals surface area contributed by atoms with Crippen LogP contribution in [0.4, 0.5) is 10.7 Å². The van der Waals surface area contributed by atoms with Crippen molar-refractivity contribution >= 4 is 139 Å². The van der Waals surface area contributed by atoms with Gasteiger partial charge in [-0.3, -0.25) is 57.5 Å². The number of aliphatic hydroxyl groups is 1. The minimum atomic E-state index is -5.83. The largest absolute Gasteiger partial charge is 0.490 e. The van der Waals surface area contributed by atoms with E-state index in [1.54, 1.807) is 11.8 Å². The number of urea groups is 1. The maximum Gasteiger partial charge on any atom is 0.490 e. The number of nitrogens with two attached hydrogens (primary N) is 1. The highest BCUT2D eigenvalue weighted by Gasteiger charge is 2.46. The molecule has 0 aromatic carbocycles. The molecule has 0 aliphatic carbocycles. The molecule has 7 heterocycles. The standard InChI is InChI=1S/C54H78N13O27P3S3/c55-53-63-46-44(50(79)64-53)28(25-67(46)41-24-35(68)36(92-41)26-91-96(87,88)94-97(89,90)93-95(84,85)86)8-5-17-57-39(70)14-20-99-100-21-15-40(71)65-18-6-10-33(65)48(77)58-29(9-3-4-16-56-38(69)13-2-1-12-37-45-32(27-98-37)61-54(83)62-45)51(80)66-19-7-11-34(66)49(78)59-30(22-42(72)73)47(76)60-31(52(81)82)23-43(74)75/h25,29-37,41,45,68H,1-4,6-7,9-24,26-27H2,(H,56,69)(H,57,70)(H,58,77)(H,59,78)(H,60,76)(H,72,73)(H,74,75)(H,81,82)(H,87,88)(H,89,90)(H2,61,62,83)(H2,84,85,86)(H3,55,63,64,79)/t29?,30?,31?,32-,33?,34?,35?,36?,37-,41?,45-/m0/s1. The monoisotopic (exact) mass is 1530 g/mol. The number of aromatic nitrogens is 3. The van der Waals surface area contributed by atoms with E-state index in [9.17, 15) is 96.3 Å². The lowest BCUT2D eigenvalue weighted by atomic mass is 10.0. The summed E-state index contributed by atoms with van der Waals surface area (Å²) in [7, 11) is -14.5. The van der Waals surface area contributed by atoms with Gasteiger partial charge >= 0.3 is 47.4 Å². The van der Waals surface area contributed by atoms with Gasteiger partial charge in [0.25, 0.3) is 5.56 Å². The summed E-state index contributed by atoms with van der Waals surface area (Å²) in [5.74, 6) is -2.96. The first-order chi connectivity index (χ1) is 47.2. The number of aromatic amines is 1. The number of carboxylic acid groups (broad SMARTS) is 3. The van der Waals surface area contributed by atoms with Gasteiger partial charge in [-0.2, -0.15) is 25.4 Å². The molecule has 40 nitrogen and oxygen atoms in total. The second-order valence-corrected chi connectivity index (χ2v) is 31.9. The fourth-order valence-electron chi connectivity index (χ4n) is 11.6. The summed E-state index contributed by atoms with van der Waals surface area (Å²) in [6, 6.07) is -7.50. The number of unbranched alkanes of at least 4 members (excludes halogenated alkanes) is 2. The van der Waals surface area contributed by atoms with Crippen LogP contribution in [0.2, 0.25) is 0 Å². The summed E-state index contributed by atoms with van der Waals surface area (Å²) in [5, 5.41) is 57.4. The fraction of sp³-hybridized carbons (Fsp3) is 0.648. The van der Waals surface area contributed by atoms with Crippen LogP contribution in [-0.2, 0) is 79.5 Å². The predicted octanol–water partition coefficient (Wildman–Crippen LogP) is -1.59. The predicted molar refractivity (Wildman–Crippen MR) is 351 cm³/mol. The van der Waals surface area contributed by atoms with Crippen LogP contribution in [0, 0.1) is 11.8 Å². The van der Waals surface area contributed by atoms with E-state index in [2.05, 4.69) is 66.9 Å². The second-order valence-electron chi connectivity index (χ2n) is 23.5. The number of anilines is 1. The average molecular weight is 1530 g/mol. The van der Waals surface area contributed by atoms with Gasteiger partial charge in [0.1, 0.15) is 42.5 Å². The number of phosphoric acid groups is 3. The van der Waals surface area contributed by atoms with Crippen LogP contribution in [0.3, 0.4) is 0 Å². The van der Waals surface area contributed by atoms with Crippen molar-refractivity contribution in [2.75, 3.05) is 55.8 Å². The number of aliphatic carboxylic acids is 3. The molecule has 100 heavy (non-hydrogen) atoms. The SMILES string of the molecule is Nc1nc2c(c(C#CCNC(=O)CCSSCCC(=O)N3CCCC3C(=O)NC(CCCCNC(=O)CCCC[C@@H]3SC[C@@H]4NC(=O)N[C@@H]43)C(=O)N3CCCC3C(=O)NC(CC(=O)O)C(=O)NC(CC(=O)O)C(=O)O)cn2C2CC(O)C(COP(=O)(O)OP(=O)(O)OP(=O)(O)O)O2)c(=O)[nH]1. The number of aliphatic hydroxyl groups excluding tert-OH is 1. The van der Waals surface area contributed by atoms with E-state index in [1.807, 2.05) is 5.32 Å². The molecule has 0 radical (unpaired) electrons. The van der Waals surface area contributed by atoms with Gasteiger partial charge in [0.15, 0.2) is 5.65 Å². The molecule has 18 N–H and O–H groups in total. The van der Waals surface area contributed by atoms with Crippen LogP contribution < -0.4 is 48.5 Å². The topological polar surface area (TPSA) is 605 Å². The number of nitrogens with zero attached hydrogens (tertiary/aromatic N) is 4. The van der Waals surface area contributed by atoms with Gasteiger partial charge in [-0.15, -0.1) is 0 Å². The van der Waals surface area contributed by atoms with Crippen LogP contribution in [-0.4, -0.2) is 239 Å². The number of carbonyl (C=O) groups is 11. The number of hydrogen-bond acceptors (Lipinski definition) is 25. The molecule has 13 atom stereocenters. The van der Waals surface area contributed by atoms with Crippen molar-refractivity contribution in [2.24, 2.45) is 0 Å². The van der Waals surface area contributed by atoms with Crippen molar-refractivity contribution in [1.29, 1.82) is 0 Å². The molecule has 0 bridgehead atoms. The molecule has 7 rings (SSSR count). The Kier molecular flexibility index (Phi) is 29.6. The van der Waals surface area contributed by atoms with E-state index >= 15 is 0 Å². The van der Waals surface area contributed by atoms with E-state index in [4.69, 9.17) is 25.4 Å². The Hall–Kier alpha value is -6.87. The Morgan fingerprint density at radius 1 is 0.790 bits per heavy atom. The molecule has 5 aliphatic rings. The van der Waals surface area contributed by atoms with Gasteiger partial charge in [-0.1, -0.05) is 39.8 Å². The maximum atomic E-state index is 14.6. The molecule has 5 saturated heterocycles. The second kappa shape index (κ2) is 36.8.